The molecule has 22 heavy (non-hydrogen) atoms. The van der Waals surface area contributed by atoms with E-state index in [9.17, 15) is 13.6 Å². The van der Waals surface area contributed by atoms with Crippen LogP contribution in [-0.2, 0) is 6.54 Å². The largest absolute Gasteiger partial charge is 0.417 e. The Bertz CT molecular complexity index is 541. The van der Waals surface area contributed by atoms with Crippen LogP contribution in [0.1, 0.15) is 31.2 Å². The Morgan fingerprint density at radius 2 is 2.18 bits per heavy atom. The molecule has 2 aliphatic carbocycles. The molecule has 120 valence electrons. The Hall–Kier alpha value is -1.92. The summed E-state index contributed by atoms with van der Waals surface area (Å²) >= 11 is 0. The molecule has 1 aromatic rings. The zero-order valence-corrected chi connectivity index (χ0v) is 12.1. The van der Waals surface area contributed by atoms with Crippen molar-refractivity contribution in [3.05, 3.63) is 23.9 Å². The summed E-state index contributed by atoms with van der Waals surface area (Å²) < 4.78 is 28.5. The molecule has 1 aromatic heterocycles. The number of carbonyl (C=O) groups excluding carboxylic acids is 1. The van der Waals surface area contributed by atoms with Crippen LogP contribution in [0.2, 0.25) is 0 Å². The maximum atomic E-state index is 12.1. The highest BCUT2D eigenvalue weighted by atomic mass is 19.3. The molecule has 0 saturated heterocycles. The van der Waals surface area contributed by atoms with Gasteiger partial charge in [-0.1, -0.05) is 0 Å². The summed E-state index contributed by atoms with van der Waals surface area (Å²) in [4.78, 5) is 15.6. The van der Waals surface area contributed by atoms with E-state index >= 15 is 0 Å². The fourth-order valence-electron chi connectivity index (χ4n) is 3.39. The quantitative estimate of drug-likeness (QED) is 0.879. The number of ether oxygens (including phenoxy) is 1. The molecule has 2 saturated carbocycles. The Labute approximate surface area is 127 Å². The third kappa shape index (κ3) is 3.45. The van der Waals surface area contributed by atoms with E-state index in [0.29, 0.717) is 11.5 Å². The van der Waals surface area contributed by atoms with Crippen LogP contribution in [0.4, 0.5) is 13.6 Å². The topological polar surface area (TPSA) is 63.2 Å². The number of alkyl halides is 2. The number of hydrogen-bond acceptors (Lipinski definition) is 3. The molecule has 0 bridgehead atoms. The first kappa shape index (κ1) is 15.0. The summed E-state index contributed by atoms with van der Waals surface area (Å²) in [5, 5.41) is 5.76. The average Bonchev–Trinajstić information content (AvgIpc) is 2.70. The molecular formula is C15H19F2N3O2. The zero-order valence-electron chi connectivity index (χ0n) is 12.1. The Balaban J connectivity index is 1.46. The van der Waals surface area contributed by atoms with Gasteiger partial charge in [0.25, 0.3) is 0 Å². The van der Waals surface area contributed by atoms with E-state index in [4.69, 9.17) is 0 Å². The predicted octanol–water partition coefficient (Wildman–Crippen LogP) is 2.67. The number of pyridine rings is 1. The van der Waals surface area contributed by atoms with Gasteiger partial charge in [-0.15, -0.1) is 0 Å². The van der Waals surface area contributed by atoms with Crippen molar-refractivity contribution in [1.29, 1.82) is 0 Å². The number of nitrogens with one attached hydrogen (secondary N) is 2. The van der Waals surface area contributed by atoms with E-state index in [1.807, 2.05) is 0 Å². The average molecular weight is 311 g/mol. The number of hydrogen-bond donors (Lipinski definition) is 2. The molecule has 2 amide bonds. The molecule has 0 aliphatic heterocycles. The first-order valence-corrected chi connectivity index (χ1v) is 7.56. The summed E-state index contributed by atoms with van der Waals surface area (Å²) in [6.45, 7) is -2.66. The normalized spacial score (nSPS) is 26.2. The van der Waals surface area contributed by atoms with Crippen molar-refractivity contribution in [3.63, 3.8) is 0 Å². The lowest BCUT2D eigenvalue weighted by Gasteiger charge is -2.34. The second kappa shape index (κ2) is 6.46. The zero-order chi connectivity index (χ0) is 15.5. The van der Waals surface area contributed by atoms with E-state index in [1.54, 1.807) is 6.07 Å². The van der Waals surface area contributed by atoms with Crippen LogP contribution in [0, 0.1) is 11.8 Å². The molecular weight excluding hydrogens is 292 g/mol. The Kier molecular flexibility index (Phi) is 4.40. The minimum atomic E-state index is -2.91. The molecule has 0 aromatic carbocycles. The van der Waals surface area contributed by atoms with Crippen molar-refractivity contribution in [2.75, 3.05) is 0 Å². The number of halogens is 2. The van der Waals surface area contributed by atoms with Gasteiger partial charge in [-0.05, 0) is 49.1 Å². The predicted molar refractivity (Wildman–Crippen MR) is 75.5 cm³/mol. The number of nitrogens with zero attached hydrogens (tertiary/aromatic N) is 1. The lowest BCUT2D eigenvalue weighted by atomic mass is 9.75. The molecule has 2 N–H and O–H groups in total. The van der Waals surface area contributed by atoms with Gasteiger partial charge in [0.2, 0.25) is 5.88 Å². The maximum Gasteiger partial charge on any atom is 0.388 e. The molecule has 0 radical (unpaired) electrons. The highest BCUT2D eigenvalue weighted by molar-refractivity contribution is 5.74. The van der Waals surface area contributed by atoms with Gasteiger partial charge in [0.15, 0.2) is 0 Å². The fraction of sp³-hybridized carbons (Fsp3) is 0.600. The van der Waals surface area contributed by atoms with Gasteiger partial charge in [0, 0.05) is 24.8 Å². The molecule has 1 heterocycles. The van der Waals surface area contributed by atoms with Gasteiger partial charge in [-0.2, -0.15) is 8.78 Å². The first-order valence-electron chi connectivity index (χ1n) is 7.56. The second-order valence-electron chi connectivity index (χ2n) is 5.89. The van der Waals surface area contributed by atoms with Crippen molar-refractivity contribution < 1.29 is 18.3 Å². The van der Waals surface area contributed by atoms with Gasteiger partial charge in [-0.3, -0.25) is 0 Å². The Morgan fingerprint density at radius 3 is 2.86 bits per heavy atom. The molecule has 0 spiro atoms. The number of aromatic nitrogens is 1. The maximum absolute atomic E-state index is 12.1. The van der Waals surface area contributed by atoms with Crippen LogP contribution < -0.4 is 15.4 Å². The van der Waals surface area contributed by atoms with Crippen molar-refractivity contribution in [2.24, 2.45) is 11.8 Å². The van der Waals surface area contributed by atoms with Gasteiger partial charge in [0.05, 0.1) is 0 Å². The number of amides is 2. The fourth-order valence-corrected chi connectivity index (χ4v) is 3.39. The third-order valence-electron chi connectivity index (χ3n) is 4.62. The van der Waals surface area contributed by atoms with Gasteiger partial charge < -0.3 is 15.4 Å². The molecule has 3 rings (SSSR count). The van der Waals surface area contributed by atoms with Crippen LogP contribution in [0.3, 0.4) is 0 Å². The minimum absolute atomic E-state index is 0.150. The number of fused-ring (bicyclic) bond motifs is 1. The van der Waals surface area contributed by atoms with E-state index in [1.165, 1.54) is 31.5 Å². The summed E-state index contributed by atoms with van der Waals surface area (Å²) in [5.74, 6) is 1.28. The molecule has 3 atom stereocenters. The number of carbonyl (C=O) groups is 1. The summed E-state index contributed by atoms with van der Waals surface area (Å²) in [5.41, 5.74) is 0.661. The monoisotopic (exact) mass is 311 g/mol. The van der Waals surface area contributed by atoms with Gasteiger partial charge in [0.1, 0.15) is 0 Å². The van der Waals surface area contributed by atoms with Crippen molar-refractivity contribution in [3.8, 4) is 5.88 Å². The Morgan fingerprint density at radius 1 is 1.36 bits per heavy atom. The molecule has 2 aliphatic rings. The third-order valence-corrected chi connectivity index (χ3v) is 4.62. The molecule has 2 fully saturated rings. The van der Waals surface area contributed by atoms with Crippen LogP contribution in [0.25, 0.3) is 0 Å². The van der Waals surface area contributed by atoms with E-state index in [-0.39, 0.29) is 24.5 Å². The lowest BCUT2D eigenvalue weighted by Crippen LogP contribution is -2.45. The lowest BCUT2D eigenvalue weighted by molar-refractivity contribution is -0.0529. The SMILES string of the molecule is O=C(NCc1ccnc(OC(F)F)c1)NC1CCC2CCC21. The number of rotatable bonds is 5. The smallest absolute Gasteiger partial charge is 0.388 e. The molecule has 3 unspecified atom stereocenters. The highest BCUT2D eigenvalue weighted by Crippen LogP contribution is 2.46. The van der Waals surface area contributed by atoms with Crippen molar-refractivity contribution in [1.82, 2.24) is 15.6 Å². The first-order chi connectivity index (χ1) is 10.6. The standard InChI is InChI=1S/C15H19F2N3O2/c16-14(17)22-13-7-9(5-6-18-13)8-19-15(21)20-12-4-2-10-1-3-11(10)12/h5-7,10-12,14H,1-4,8H2,(H2,19,20,21). The summed E-state index contributed by atoms with van der Waals surface area (Å²) in [6.07, 6.45) is 6.12. The van der Waals surface area contributed by atoms with Gasteiger partial charge in [-0.25, -0.2) is 9.78 Å². The van der Waals surface area contributed by atoms with E-state index < -0.39 is 6.61 Å². The second-order valence-corrected chi connectivity index (χ2v) is 5.89. The summed E-state index contributed by atoms with van der Waals surface area (Å²) in [7, 11) is 0. The highest BCUT2D eigenvalue weighted by Gasteiger charge is 2.42. The summed E-state index contributed by atoms with van der Waals surface area (Å²) in [6, 6.07) is 3.10. The molecule has 7 heteroatoms. The minimum Gasteiger partial charge on any atom is -0.417 e. The van der Waals surface area contributed by atoms with Crippen LogP contribution in [0.15, 0.2) is 18.3 Å². The van der Waals surface area contributed by atoms with Crippen LogP contribution in [-0.4, -0.2) is 23.7 Å². The van der Waals surface area contributed by atoms with Crippen molar-refractivity contribution in [2.45, 2.75) is 44.9 Å². The van der Waals surface area contributed by atoms with Gasteiger partial charge >= 0.3 is 12.6 Å². The van der Waals surface area contributed by atoms with Crippen LogP contribution >= 0.6 is 0 Å². The van der Waals surface area contributed by atoms with E-state index in [0.717, 1.165) is 12.3 Å². The number of urea groups is 1. The van der Waals surface area contributed by atoms with E-state index in [2.05, 4.69) is 20.4 Å². The van der Waals surface area contributed by atoms with Crippen LogP contribution in [0.5, 0.6) is 5.88 Å². The molecule has 5 nitrogen and oxygen atoms in total. The van der Waals surface area contributed by atoms with Crippen molar-refractivity contribution >= 4 is 6.03 Å².